The standard InChI is InChI=1S/C49H30N2/c1-3-15-38-34(11-1)35-12-2-4-16-39(35)46-44(38)40-25-21-31-28-32(43-26-23-30-20-19-29-10-9-27-50-47(29)48(30)51-43)22-24-33(31)45(40)49(46)41-17-7-5-13-36(41)37-14-6-8-18-42(37)49/h1-28,48,51H. The molecule has 1 unspecified atom stereocenters. The smallest absolute Gasteiger partial charge is 0.0946 e. The van der Waals surface area contributed by atoms with Crippen molar-refractivity contribution in [1.82, 2.24) is 10.3 Å². The van der Waals surface area contributed by atoms with Crippen molar-refractivity contribution >= 4 is 44.1 Å². The molecule has 0 radical (unpaired) electrons. The van der Waals surface area contributed by atoms with Crippen molar-refractivity contribution in [3.63, 3.8) is 0 Å². The molecule has 2 heterocycles. The van der Waals surface area contributed by atoms with E-state index < -0.39 is 5.41 Å². The Kier molecular flexibility index (Phi) is 5.25. The van der Waals surface area contributed by atoms with Gasteiger partial charge in [-0.05, 0) is 112 Å². The Balaban J connectivity index is 1.16. The highest BCUT2D eigenvalue weighted by Crippen LogP contribution is 2.66. The fourth-order valence-corrected chi connectivity index (χ4v) is 9.94. The minimum absolute atomic E-state index is 0.0349. The Hall–Kier alpha value is -6.51. The summed E-state index contributed by atoms with van der Waals surface area (Å²) < 4.78 is 0. The molecule has 7 aromatic carbocycles. The molecule has 1 spiro atoms. The van der Waals surface area contributed by atoms with E-state index in [1.807, 2.05) is 12.3 Å². The zero-order valence-electron chi connectivity index (χ0n) is 27.7. The van der Waals surface area contributed by atoms with Crippen molar-refractivity contribution in [3.05, 3.63) is 209 Å². The molecule has 0 saturated carbocycles. The monoisotopic (exact) mass is 646 g/mol. The van der Waals surface area contributed by atoms with Gasteiger partial charge >= 0.3 is 0 Å². The van der Waals surface area contributed by atoms with Crippen molar-refractivity contribution in [2.24, 2.45) is 0 Å². The molecule has 0 saturated heterocycles. The Labute approximate surface area is 295 Å². The summed E-state index contributed by atoms with van der Waals surface area (Å²) in [5, 5.41) is 11.7. The third-order valence-corrected chi connectivity index (χ3v) is 11.9. The highest BCUT2D eigenvalue weighted by Gasteiger charge is 2.53. The van der Waals surface area contributed by atoms with Gasteiger partial charge in [0.05, 0.1) is 17.2 Å². The predicted octanol–water partition coefficient (Wildman–Crippen LogP) is 11.5. The first kappa shape index (κ1) is 27.3. The molecule has 2 heteroatoms. The summed E-state index contributed by atoms with van der Waals surface area (Å²) in [5.74, 6) is 0. The Morgan fingerprint density at radius 2 is 1.24 bits per heavy atom. The van der Waals surface area contributed by atoms with Gasteiger partial charge in [-0.25, -0.2) is 0 Å². The Morgan fingerprint density at radius 1 is 0.529 bits per heavy atom. The predicted molar refractivity (Wildman–Crippen MR) is 210 cm³/mol. The molecule has 1 atom stereocenters. The van der Waals surface area contributed by atoms with Gasteiger partial charge < -0.3 is 5.32 Å². The van der Waals surface area contributed by atoms with Crippen molar-refractivity contribution in [2.75, 3.05) is 0 Å². The summed E-state index contributed by atoms with van der Waals surface area (Å²) in [6, 6.07) is 52.4. The van der Waals surface area contributed by atoms with Crippen LogP contribution in [0.15, 0.2) is 170 Å². The van der Waals surface area contributed by atoms with Gasteiger partial charge in [-0.3, -0.25) is 4.98 Å². The minimum Gasteiger partial charge on any atom is -0.372 e. The molecule has 8 aromatic rings. The van der Waals surface area contributed by atoms with E-state index in [-0.39, 0.29) is 6.04 Å². The molecule has 0 bridgehead atoms. The highest BCUT2D eigenvalue weighted by molar-refractivity contribution is 6.21. The number of hydrogen-bond acceptors (Lipinski definition) is 2. The van der Waals surface area contributed by atoms with Crippen LogP contribution >= 0.6 is 0 Å². The maximum Gasteiger partial charge on any atom is 0.0946 e. The quantitative estimate of drug-likeness (QED) is 0.180. The van der Waals surface area contributed by atoms with Crippen LogP contribution in [0.25, 0.3) is 66.3 Å². The lowest BCUT2D eigenvalue weighted by Gasteiger charge is -2.33. The normalized spacial score (nSPS) is 16.9. The fraction of sp³-hybridized carbons (Fsp3) is 0.0408. The fourth-order valence-electron chi connectivity index (χ4n) is 9.94. The van der Waals surface area contributed by atoms with Gasteiger partial charge in [-0.1, -0.05) is 146 Å². The maximum atomic E-state index is 4.78. The highest BCUT2D eigenvalue weighted by atomic mass is 15.0. The second-order valence-electron chi connectivity index (χ2n) is 14.2. The second kappa shape index (κ2) is 9.80. The topological polar surface area (TPSA) is 24.9 Å². The van der Waals surface area contributed by atoms with Gasteiger partial charge in [-0.2, -0.15) is 0 Å². The number of pyridine rings is 1. The van der Waals surface area contributed by atoms with E-state index in [0.29, 0.717) is 0 Å². The Bertz CT molecular complexity index is 2910. The van der Waals surface area contributed by atoms with E-state index in [0.717, 1.165) is 11.4 Å². The molecule has 1 N–H and O–H groups in total. The molecule has 0 amide bonds. The number of aromatic nitrogens is 1. The first-order chi connectivity index (χ1) is 25.3. The van der Waals surface area contributed by atoms with Crippen molar-refractivity contribution in [3.8, 4) is 22.3 Å². The van der Waals surface area contributed by atoms with Crippen molar-refractivity contribution in [2.45, 2.75) is 11.5 Å². The molecule has 2 nitrogen and oxygen atoms in total. The van der Waals surface area contributed by atoms with E-state index in [1.54, 1.807) is 0 Å². The van der Waals surface area contributed by atoms with Crippen molar-refractivity contribution < 1.29 is 0 Å². The number of allylic oxidation sites excluding steroid dienone is 2. The third kappa shape index (κ3) is 3.40. The lowest BCUT2D eigenvalue weighted by atomic mass is 9.68. The first-order valence-corrected chi connectivity index (χ1v) is 17.8. The van der Waals surface area contributed by atoms with E-state index in [2.05, 4.69) is 163 Å². The number of benzene rings is 7. The van der Waals surface area contributed by atoms with E-state index in [4.69, 9.17) is 4.98 Å². The number of hydrogen-bond donors (Lipinski definition) is 1. The summed E-state index contributed by atoms with van der Waals surface area (Å²) >= 11 is 0. The van der Waals surface area contributed by atoms with Gasteiger partial charge in [0.15, 0.2) is 0 Å². The average Bonchev–Trinajstić information content (AvgIpc) is 3.68. The molecule has 3 aliphatic carbocycles. The molecule has 4 aliphatic rings. The maximum absolute atomic E-state index is 4.78. The van der Waals surface area contributed by atoms with Gasteiger partial charge in [0.25, 0.3) is 0 Å². The lowest BCUT2D eigenvalue weighted by molar-refractivity contribution is 0.704. The van der Waals surface area contributed by atoms with Crippen LogP contribution in [0.3, 0.4) is 0 Å². The van der Waals surface area contributed by atoms with Gasteiger partial charge in [-0.15, -0.1) is 0 Å². The van der Waals surface area contributed by atoms with Crippen LogP contribution in [0.2, 0.25) is 0 Å². The van der Waals surface area contributed by atoms with E-state index >= 15 is 0 Å². The summed E-state index contributed by atoms with van der Waals surface area (Å²) in [7, 11) is 0. The van der Waals surface area contributed by atoms with Gasteiger partial charge in [0, 0.05) is 11.9 Å². The Morgan fingerprint density at radius 3 is 2.04 bits per heavy atom. The second-order valence-corrected chi connectivity index (χ2v) is 14.2. The first-order valence-electron chi connectivity index (χ1n) is 17.8. The summed E-state index contributed by atoms with van der Waals surface area (Å²) in [6.45, 7) is 0. The van der Waals surface area contributed by atoms with Crippen molar-refractivity contribution in [1.29, 1.82) is 0 Å². The van der Waals surface area contributed by atoms with Gasteiger partial charge in [0.2, 0.25) is 0 Å². The van der Waals surface area contributed by atoms with Crippen LogP contribution in [0.4, 0.5) is 0 Å². The summed E-state index contributed by atoms with van der Waals surface area (Å²) in [6.07, 6.45) is 10.7. The van der Waals surface area contributed by atoms with Gasteiger partial charge in [0.1, 0.15) is 0 Å². The molecule has 236 valence electrons. The summed E-state index contributed by atoms with van der Waals surface area (Å²) in [4.78, 5) is 4.78. The van der Waals surface area contributed by atoms with Crippen LogP contribution in [-0.4, -0.2) is 4.98 Å². The van der Waals surface area contributed by atoms with E-state index in [1.165, 1.54) is 93.5 Å². The zero-order valence-corrected chi connectivity index (χ0v) is 27.7. The van der Waals surface area contributed by atoms with Crippen LogP contribution in [-0.2, 0) is 5.41 Å². The zero-order chi connectivity index (χ0) is 33.3. The number of nitrogens with zero attached hydrogens (tertiary/aromatic N) is 1. The molecule has 1 aliphatic heterocycles. The molecular formula is C49H30N2. The lowest BCUT2D eigenvalue weighted by Crippen LogP contribution is -2.27. The van der Waals surface area contributed by atoms with Crippen LogP contribution in [0.5, 0.6) is 0 Å². The molecule has 1 aromatic heterocycles. The third-order valence-electron chi connectivity index (χ3n) is 11.9. The number of dihydropyridines is 1. The van der Waals surface area contributed by atoms with Crippen LogP contribution < -0.4 is 5.32 Å². The molecule has 12 rings (SSSR count). The van der Waals surface area contributed by atoms with E-state index in [9.17, 15) is 0 Å². The number of nitrogens with one attached hydrogen (secondary N) is 1. The molecule has 51 heavy (non-hydrogen) atoms. The number of fused-ring (bicyclic) bond motifs is 20. The molecule has 0 fully saturated rings. The minimum atomic E-state index is -0.466. The largest absolute Gasteiger partial charge is 0.372 e. The summed E-state index contributed by atoms with van der Waals surface area (Å²) in [5.41, 5.74) is 16.2. The van der Waals surface area contributed by atoms with Crippen LogP contribution in [0, 0.1) is 0 Å². The SMILES string of the molecule is C1=Cc2cccnc2C2NC(c3ccc4c5c(ccc4c3)-c3c(c4ccccc4c4ccccc34)C53c4ccccc4-c4ccccc43)=CC=C12. The van der Waals surface area contributed by atoms with Crippen LogP contribution in [0.1, 0.15) is 45.1 Å². The number of rotatable bonds is 1. The molecular weight excluding hydrogens is 617 g/mol. The average molecular weight is 647 g/mol.